The number of carbonyl (C=O) groups is 5. The zero-order valence-electron chi connectivity index (χ0n) is 22.3. The van der Waals surface area contributed by atoms with Gasteiger partial charge in [-0.2, -0.15) is 0 Å². The molecule has 0 fully saturated rings. The van der Waals surface area contributed by atoms with Gasteiger partial charge in [-0.15, -0.1) is 0 Å². The first-order valence-corrected chi connectivity index (χ1v) is 12.8. The lowest BCUT2D eigenvalue weighted by molar-refractivity contribution is -0.147. The van der Waals surface area contributed by atoms with Gasteiger partial charge in [-0.25, -0.2) is 4.79 Å². The highest BCUT2D eigenvalue weighted by molar-refractivity contribution is 5.94. The van der Waals surface area contributed by atoms with E-state index in [9.17, 15) is 29.1 Å². The Hall–Kier alpha value is -4.24. The molecule has 0 aliphatic rings. The van der Waals surface area contributed by atoms with Gasteiger partial charge in [-0.05, 0) is 37.8 Å². The summed E-state index contributed by atoms with van der Waals surface area (Å²) in [5.41, 5.74) is 22.8. The number of rotatable bonds is 19. The van der Waals surface area contributed by atoms with Crippen LogP contribution in [0.5, 0.6) is 0 Å². The van der Waals surface area contributed by atoms with Gasteiger partial charge in [-0.1, -0.05) is 36.8 Å². The summed E-state index contributed by atoms with van der Waals surface area (Å²) in [6.45, 7) is 0.566. The quantitative estimate of drug-likeness (QED) is 0.0491. The Morgan fingerprint density at radius 2 is 1.40 bits per heavy atom. The van der Waals surface area contributed by atoms with Crippen LogP contribution < -0.4 is 38.9 Å². The Morgan fingerprint density at radius 3 is 1.98 bits per heavy atom. The van der Waals surface area contributed by atoms with Crippen molar-refractivity contribution >= 4 is 35.6 Å². The second kappa shape index (κ2) is 18.1. The van der Waals surface area contributed by atoms with E-state index < -0.39 is 60.2 Å². The lowest BCUT2D eigenvalue weighted by atomic mass is 10.0. The summed E-state index contributed by atoms with van der Waals surface area (Å²) in [5.74, 6) is -5.37. The fourth-order valence-corrected chi connectivity index (χ4v) is 3.67. The van der Waals surface area contributed by atoms with E-state index in [4.69, 9.17) is 28.0 Å². The number of carbonyl (C=O) groups excluding carboxylic acids is 3. The van der Waals surface area contributed by atoms with Crippen molar-refractivity contribution in [2.24, 2.45) is 27.9 Å². The van der Waals surface area contributed by atoms with E-state index in [1.807, 2.05) is 0 Å². The number of hydrogen-bond acceptors (Lipinski definition) is 8. The summed E-state index contributed by atoms with van der Waals surface area (Å²) in [7, 11) is 0. The third-order valence-corrected chi connectivity index (χ3v) is 5.79. The minimum Gasteiger partial charge on any atom is -0.481 e. The average Bonchev–Trinajstić information content (AvgIpc) is 2.89. The molecule has 0 bridgehead atoms. The van der Waals surface area contributed by atoms with E-state index in [1.54, 1.807) is 30.3 Å². The van der Waals surface area contributed by atoms with Gasteiger partial charge in [0, 0.05) is 13.0 Å². The Kier molecular flexibility index (Phi) is 15.3. The monoisotopic (exact) mass is 564 g/mol. The smallest absolute Gasteiger partial charge is 0.326 e. The van der Waals surface area contributed by atoms with Crippen molar-refractivity contribution in [2.75, 3.05) is 13.1 Å². The maximum Gasteiger partial charge on any atom is 0.326 e. The summed E-state index contributed by atoms with van der Waals surface area (Å²) in [4.78, 5) is 65.5. The molecule has 40 heavy (non-hydrogen) atoms. The van der Waals surface area contributed by atoms with E-state index in [1.165, 1.54) is 0 Å². The maximum atomic E-state index is 13.4. The van der Waals surface area contributed by atoms with Crippen molar-refractivity contribution < 1.29 is 34.2 Å². The van der Waals surface area contributed by atoms with Crippen molar-refractivity contribution in [3.8, 4) is 0 Å². The molecule has 222 valence electrons. The zero-order chi connectivity index (χ0) is 30.1. The fraction of sp³-hybridized carbons (Fsp3) is 0.520. The molecule has 0 aromatic heterocycles. The fourth-order valence-electron chi connectivity index (χ4n) is 3.67. The van der Waals surface area contributed by atoms with Crippen LogP contribution in [0, 0.1) is 0 Å². The molecule has 15 nitrogen and oxygen atoms in total. The van der Waals surface area contributed by atoms with E-state index in [2.05, 4.69) is 20.9 Å². The highest BCUT2D eigenvalue weighted by atomic mass is 16.4. The Balaban J connectivity index is 3.13. The van der Waals surface area contributed by atoms with Crippen molar-refractivity contribution in [1.29, 1.82) is 0 Å². The molecule has 1 aromatic carbocycles. The minimum absolute atomic E-state index is 0.0155. The molecular weight excluding hydrogens is 524 g/mol. The number of carboxylic acids is 2. The number of aliphatic imine (C=N–C) groups is 1. The highest BCUT2D eigenvalue weighted by Gasteiger charge is 2.31. The van der Waals surface area contributed by atoms with Gasteiger partial charge in [0.15, 0.2) is 5.96 Å². The maximum absolute atomic E-state index is 13.4. The summed E-state index contributed by atoms with van der Waals surface area (Å²) in [5, 5.41) is 25.6. The number of benzene rings is 1. The second-order valence-electron chi connectivity index (χ2n) is 9.15. The molecule has 1 rings (SSSR count). The summed E-state index contributed by atoms with van der Waals surface area (Å²) in [6.07, 6.45) is 1.08. The Morgan fingerprint density at radius 1 is 0.800 bits per heavy atom. The lowest BCUT2D eigenvalue weighted by Crippen LogP contribution is -2.57. The zero-order valence-corrected chi connectivity index (χ0v) is 22.3. The average molecular weight is 565 g/mol. The largest absolute Gasteiger partial charge is 0.481 e. The molecule has 4 atom stereocenters. The predicted octanol–water partition coefficient (Wildman–Crippen LogP) is -2.25. The van der Waals surface area contributed by atoms with Gasteiger partial charge in [0.2, 0.25) is 17.7 Å². The van der Waals surface area contributed by atoms with Gasteiger partial charge in [0.1, 0.15) is 18.1 Å². The van der Waals surface area contributed by atoms with Crippen molar-refractivity contribution in [2.45, 2.75) is 69.1 Å². The van der Waals surface area contributed by atoms with Crippen LogP contribution >= 0.6 is 0 Å². The first-order chi connectivity index (χ1) is 18.9. The number of carboxylic acid groups (broad SMARTS) is 2. The van der Waals surface area contributed by atoms with Crippen molar-refractivity contribution in [3.63, 3.8) is 0 Å². The van der Waals surface area contributed by atoms with Crippen LogP contribution in [-0.4, -0.2) is 83.1 Å². The number of amides is 3. The van der Waals surface area contributed by atoms with Crippen LogP contribution in [0.25, 0.3) is 0 Å². The number of nitrogens with two attached hydrogens (primary N) is 4. The molecule has 0 saturated heterocycles. The highest BCUT2D eigenvalue weighted by Crippen LogP contribution is 2.08. The van der Waals surface area contributed by atoms with Gasteiger partial charge in [-0.3, -0.25) is 24.2 Å². The summed E-state index contributed by atoms with van der Waals surface area (Å²) >= 11 is 0. The standard InChI is InChI=1S/C25H40N8O7/c26-11-5-4-9-16(27)21(36)32-18(13-15-7-2-1-3-8-15)23(38)31-17(10-6-12-30-25(28)29)22(37)33-19(24(39)40)14-20(34)35/h1-3,7-8,16-19H,4-6,9-14,26-27H2,(H,31,38)(H,32,36)(H,33,37)(H,34,35)(H,39,40)(H4,28,29,30). The minimum atomic E-state index is -1.73. The molecule has 0 heterocycles. The molecule has 0 spiro atoms. The molecule has 0 saturated carbocycles. The van der Waals surface area contributed by atoms with Crippen LogP contribution in [0.15, 0.2) is 35.3 Å². The number of aliphatic carboxylic acids is 2. The predicted molar refractivity (Wildman–Crippen MR) is 147 cm³/mol. The van der Waals surface area contributed by atoms with Crippen LogP contribution in [0.1, 0.15) is 44.1 Å². The number of guanidine groups is 1. The Bertz CT molecular complexity index is 1020. The third-order valence-electron chi connectivity index (χ3n) is 5.79. The molecule has 13 N–H and O–H groups in total. The van der Waals surface area contributed by atoms with E-state index in [-0.39, 0.29) is 31.8 Å². The molecular formula is C25H40N8O7. The van der Waals surface area contributed by atoms with Crippen LogP contribution in [0.4, 0.5) is 0 Å². The van der Waals surface area contributed by atoms with Gasteiger partial charge >= 0.3 is 11.9 Å². The summed E-state index contributed by atoms with van der Waals surface area (Å²) in [6, 6.07) is 3.81. The van der Waals surface area contributed by atoms with Crippen LogP contribution in [0.2, 0.25) is 0 Å². The van der Waals surface area contributed by atoms with Gasteiger partial charge in [0.05, 0.1) is 12.5 Å². The topological polar surface area (TPSA) is 278 Å². The first-order valence-electron chi connectivity index (χ1n) is 12.8. The number of hydrogen-bond donors (Lipinski definition) is 9. The molecule has 15 heteroatoms. The Labute approximate surface area is 232 Å². The lowest BCUT2D eigenvalue weighted by Gasteiger charge is -2.25. The SMILES string of the molecule is NCCCCC(N)C(=O)NC(Cc1ccccc1)C(=O)NC(CCCN=C(N)N)C(=O)NC(CC(=O)O)C(=O)O. The molecule has 3 amide bonds. The normalized spacial score (nSPS) is 13.7. The van der Waals surface area contributed by atoms with Crippen LogP contribution in [-0.2, 0) is 30.4 Å². The molecule has 4 unspecified atom stereocenters. The number of unbranched alkanes of at least 4 members (excludes halogenated alkanes) is 1. The third kappa shape index (κ3) is 13.5. The first kappa shape index (κ1) is 33.8. The van der Waals surface area contributed by atoms with Gasteiger partial charge < -0.3 is 49.1 Å². The van der Waals surface area contributed by atoms with E-state index in [0.717, 1.165) is 5.56 Å². The summed E-state index contributed by atoms with van der Waals surface area (Å²) < 4.78 is 0. The van der Waals surface area contributed by atoms with Crippen LogP contribution in [0.3, 0.4) is 0 Å². The molecule has 0 radical (unpaired) electrons. The number of nitrogens with one attached hydrogen (secondary N) is 3. The van der Waals surface area contributed by atoms with E-state index in [0.29, 0.717) is 25.8 Å². The van der Waals surface area contributed by atoms with E-state index >= 15 is 0 Å². The molecule has 1 aromatic rings. The van der Waals surface area contributed by atoms with Gasteiger partial charge in [0.25, 0.3) is 0 Å². The number of nitrogens with zero attached hydrogens (tertiary/aromatic N) is 1. The second-order valence-corrected chi connectivity index (χ2v) is 9.15. The van der Waals surface area contributed by atoms with Crippen molar-refractivity contribution in [1.82, 2.24) is 16.0 Å². The molecule has 0 aliphatic carbocycles. The van der Waals surface area contributed by atoms with Crippen molar-refractivity contribution in [3.05, 3.63) is 35.9 Å². The molecule has 0 aliphatic heterocycles.